The maximum atomic E-state index is 13.9. The van der Waals surface area contributed by atoms with E-state index in [9.17, 15) is 9.18 Å². The van der Waals surface area contributed by atoms with Crippen molar-refractivity contribution in [1.29, 1.82) is 0 Å². The number of carbonyl (C=O) groups excluding carboxylic acids is 1. The van der Waals surface area contributed by atoms with Gasteiger partial charge in [0.05, 0.1) is 23.4 Å². The zero-order valence-corrected chi connectivity index (χ0v) is 16.9. The van der Waals surface area contributed by atoms with E-state index in [4.69, 9.17) is 10.5 Å². The number of carbonyl (C=O) groups is 1. The molecular formula is C21H26FN5O2. The van der Waals surface area contributed by atoms with Crippen LogP contribution in [-0.4, -0.2) is 40.5 Å². The van der Waals surface area contributed by atoms with Crippen molar-refractivity contribution in [3.63, 3.8) is 0 Å². The number of hydrogen-bond acceptors (Lipinski definition) is 6. The molecular weight excluding hydrogens is 373 g/mol. The van der Waals surface area contributed by atoms with Gasteiger partial charge < -0.3 is 15.8 Å². The Kier molecular flexibility index (Phi) is 6.10. The molecule has 1 aliphatic rings. The topological polar surface area (TPSA) is 102 Å². The number of benzene rings is 1. The highest BCUT2D eigenvalue weighted by atomic mass is 19.1. The molecule has 0 bridgehead atoms. The van der Waals surface area contributed by atoms with Crippen LogP contribution in [0, 0.1) is 11.7 Å². The highest BCUT2D eigenvalue weighted by molar-refractivity contribution is 6.09. The van der Waals surface area contributed by atoms with Crippen LogP contribution in [0.2, 0.25) is 0 Å². The molecule has 1 aliphatic carbocycles. The Morgan fingerprint density at radius 2 is 2.17 bits per heavy atom. The van der Waals surface area contributed by atoms with Gasteiger partial charge in [0.15, 0.2) is 5.82 Å². The minimum atomic E-state index is -0.504. The summed E-state index contributed by atoms with van der Waals surface area (Å²) in [4.78, 5) is 24.8. The Labute approximate surface area is 169 Å². The molecule has 0 spiro atoms. The fourth-order valence-corrected chi connectivity index (χ4v) is 3.05. The molecule has 1 aromatic heterocycles. The van der Waals surface area contributed by atoms with Crippen LogP contribution >= 0.6 is 0 Å². The molecule has 154 valence electrons. The fraction of sp³-hybridized carbons (Fsp3) is 0.429. The van der Waals surface area contributed by atoms with Crippen LogP contribution in [0.1, 0.15) is 39.3 Å². The molecule has 2 aromatic rings. The van der Waals surface area contributed by atoms with Crippen molar-refractivity contribution in [2.24, 2.45) is 16.6 Å². The molecule has 3 N–H and O–H groups in total. The first-order valence-electron chi connectivity index (χ1n) is 9.58. The Morgan fingerprint density at radius 1 is 1.41 bits per heavy atom. The third-order valence-electron chi connectivity index (χ3n) is 4.57. The van der Waals surface area contributed by atoms with Gasteiger partial charge in [0.2, 0.25) is 0 Å². The third kappa shape index (κ3) is 5.49. The summed E-state index contributed by atoms with van der Waals surface area (Å²) >= 11 is 0. The largest absolute Gasteiger partial charge is 0.444 e. The molecule has 0 aliphatic heterocycles. The lowest BCUT2D eigenvalue weighted by molar-refractivity contribution is 0.0507. The average molecular weight is 399 g/mol. The van der Waals surface area contributed by atoms with Gasteiger partial charge in [0.1, 0.15) is 11.1 Å². The number of aliphatic imine (C=N–C) groups is 1. The second-order valence-electron chi connectivity index (χ2n) is 8.14. The zero-order valence-electron chi connectivity index (χ0n) is 16.9. The number of aromatic nitrogens is 2. The molecule has 1 amide bonds. The smallest absolute Gasteiger partial charge is 0.407 e. The van der Waals surface area contributed by atoms with Crippen LogP contribution in [0.4, 0.5) is 9.18 Å². The van der Waals surface area contributed by atoms with Gasteiger partial charge in [-0.3, -0.25) is 9.98 Å². The van der Waals surface area contributed by atoms with E-state index < -0.39 is 17.5 Å². The van der Waals surface area contributed by atoms with E-state index in [-0.39, 0.29) is 11.6 Å². The van der Waals surface area contributed by atoms with Gasteiger partial charge in [0, 0.05) is 24.5 Å². The van der Waals surface area contributed by atoms with Gasteiger partial charge in [-0.1, -0.05) is 6.07 Å². The first-order chi connectivity index (χ1) is 13.7. The Bertz CT molecular complexity index is 946. The summed E-state index contributed by atoms with van der Waals surface area (Å²) < 4.78 is 19.2. The second-order valence-corrected chi connectivity index (χ2v) is 8.14. The standard InChI is InChI=1S/C21H26FN5O2/c1-21(2,3)29-20(28)26-10-13-7-15(8-13)24-11-14(9-23)18-12-25-17-6-4-5-16(22)19(17)27-18/h4-6,9,11-13,15H,7-8,10,23H2,1-3H3,(H,26,28). The van der Waals surface area contributed by atoms with Crippen LogP contribution < -0.4 is 11.1 Å². The first-order valence-corrected chi connectivity index (χ1v) is 9.58. The number of allylic oxidation sites excluding steroid dienone is 1. The highest BCUT2D eigenvalue weighted by Gasteiger charge is 2.29. The molecule has 8 heteroatoms. The number of nitrogens with one attached hydrogen (secondary N) is 1. The monoisotopic (exact) mass is 399 g/mol. The Balaban J connectivity index is 1.53. The number of halogens is 1. The van der Waals surface area contributed by atoms with Gasteiger partial charge in [0.25, 0.3) is 0 Å². The molecule has 1 heterocycles. The summed E-state index contributed by atoms with van der Waals surface area (Å²) in [5, 5.41) is 2.79. The van der Waals surface area contributed by atoms with E-state index in [0.717, 1.165) is 12.8 Å². The van der Waals surface area contributed by atoms with E-state index in [1.165, 1.54) is 12.3 Å². The second kappa shape index (κ2) is 8.55. The van der Waals surface area contributed by atoms with Gasteiger partial charge >= 0.3 is 6.09 Å². The normalized spacial score (nSPS) is 19.9. The summed E-state index contributed by atoms with van der Waals surface area (Å²) in [6.07, 6.45) is 5.92. The molecule has 1 aromatic carbocycles. The molecule has 29 heavy (non-hydrogen) atoms. The number of para-hydroxylation sites is 1. The SMILES string of the molecule is CC(C)(C)OC(=O)NCC1CC(N=CC(=CN)c2cnc3cccc(F)c3n2)C1. The Morgan fingerprint density at radius 3 is 2.86 bits per heavy atom. The molecule has 0 radical (unpaired) electrons. The van der Waals surface area contributed by atoms with Gasteiger partial charge in [-0.15, -0.1) is 0 Å². The number of nitrogens with zero attached hydrogens (tertiary/aromatic N) is 3. The maximum Gasteiger partial charge on any atom is 0.407 e. The number of ether oxygens (including phenoxy) is 1. The van der Waals surface area contributed by atoms with E-state index in [1.54, 1.807) is 24.5 Å². The lowest BCUT2D eigenvalue weighted by Crippen LogP contribution is -2.40. The van der Waals surface area contributed by atoms with Crippen molar-refractivity contribution in [2.45, 2.75) is 45.3 Å². The lowest BCUT2D eigenvalue weighted by Gasteiger charge is -2.32. The van der Waals surface area contributed by atoms with Crippen molar-refractivity contribution in [2.75, 3.05) is 6.54 Å². The third-order valence-corrected chi connectivity index (χ3v) is 4.57. The van der Waals surface area contributed by atoms with E-state index in [1.807, 2.05) is 20.8 Å². The quantitative estimate of drug-likeness (QED) is 0.750. The minimum Gasteiger partial charge on any atom is -0.444 e. The van der Waals surface area contributed by atoms with Crippen molar-refractivity contribution < 1.29 is 13.9 Å². The van der Waals surface area contributed by atoms with Gasteiger partial charge in [-0.05, 0) is 51.7 Å². The maximum absolute atomic E-state index is 13.9. The van der Waals surface area contributed by atoms with Crippen molar-refractivity contribution in [3.05, 3.63) is 42.1 Å². The van der Waals surface area contributed by atoms with Crippen molar-refractivity contribution >= 4 is 28.9 Å². The molecule has 3 rings (SSSR count). The van der Waals surface area contributed by atoms with Crippen LogP contribution in [-0.2, 0) is 4.74 Å². The highest BCUT2D eigenvalue weighted by Crippen LogP contribution is 2.30. The molecule has 0 unspecified atom stereocenters. The molecule has 0 saturated heterocycles. The number of alkyl carbamates (subject to hydrolysis) is 1. The summed E-state index contributed by atoms with van der Waals surface area (Å²) in [6, 6.07) is 4.80. The summed E-state index contributed by atoms with van der Waals surface area (Å²) in [5.41, 5.74) is 6.95. The number of nitrogens with two attached hydrogens (primary N) is 1. The van der Waals surface area contributed by atoms with Crippen LogP contribution in [0.5, 0.6) is 0 Å². The van der Waals surface area contributed by atoms with Gasteiger partial charge in [-0.2, -0.15) is 0 Å². The molecule has 1 fully saturated rings. The number of amides is 1. The van der Waals surface area contributed by atoms with Gasteiger partial charge in [-0.25, -0.2) is 14.2 Å². The number of hydrogen-bond donors (Lipinski definition) is 2. The summed E-state index contributed by atoms with van der Waals surface area (Å²) in [5.74, 6) is -0.0611. The predicted molar refractivity (Wildman–Crippen MR) is 111 cm³/mol. The summed E-state index contributed by atoms with van der Waals surface area (Å²) in [7, 11) is 0. The van der Waals surface area contributed by atoms with E-state index >= 15 is 0 Å². The van der Waals surface area contributed by atoms with Crippen LogP contribution in [0.25, 0.3) is 16.6 Å². The Hall–Kier alpha value is -3.03. The van der Waals surface area contributed by atoms with E-state index in [0.29, 0.717) is 29.2 Å². The fourth-order valence-electron chi connectivity index (χ4n) is 3.05. The van der Waals surface area contributed by atoms with Crippen LogP contribution in [0.3, 0.4) is 0 Å². The zero-order chi connectivity index (χ0) is 21.0. The first kappa shape index (κ1) is 20.7. The lowest BCUT2D eigenvalue weighted by atomic mass is 9.80. The average Bonchev–Trinajstić information content (AvgIpc) is 2.62. The van der Waals surface area contributed by atoms with Crippen molar-refractivity contribution in [3.8, 4) is 0 Å². The summed E-state index contributed by atoms with van der Waals surface area (Å²) in [6.45, 7) is 6.06. The van der Waals surface area contributed by atoms with Crippen LogP contribution in [0.15, 0.2) is 35.6 Å². The van der Waals surface area contributed by atoms with Crippen molar-refractivity contribution in [1.82, 2.24) is 15.3 Å². The molecule has 1 saturated carbocycles. The predicted octanol–water partition coefficient (Wildman–Crippen LogP) is 3.44. The number of rotatable bonds is 5. The molecule has 7 nitrogen and oxygen atoms in total. The minimum absolute atomic E-state index is 0.153. The van der Waals surface area contributed by atoms with E-state index in [2.05, 4.69) is 20.3 Å². The number of fused-ring (bicyclic) bond motifs is 1. The molecule has 0 atom stereocenters.